The Bertz CT molecular complexity index is 888. The summed E-state index contributed by atoms with van der Waals surface area (Å²) in [5.74, 6) is -0.162. The standard InChI is InChI=1S/C20H20F2N4O2/c21-18(22)16-12-20(23,11-14-7-3-1-4-8-14)17(26(27)28)19(25-16)24-13-15-9-5-2-6-10-15/h1-10,12,17-18H,11,13,23H2,(H,24,25). The van der Waals surface area contributed by atoms with Crippen molar-refractivity contribution in [2.24, 2.45) is 10.7 Å². The number of rotatable bonds is 6. The highest BCUT2D eigenvalue weighted by Gasteiger charge is 2.50. The van der Waals surface area contributed by atoms with Crippen LogP contribution in [-0.4, -0.2) is 28.8 Å². The lowest BCUT2D eigenvalue weighted by atomic mass is 9.81. The molecule has 3 rings (SSSR count). The highest BCUT2D eigenvalue weighted by molar-refractivity contribution is 5.91. The van der Waals surface area contributed by atoms with Crippen LogP contribution in [0.1, 0.15) is 11.1 Å². The molecule has 0 amide bonds. The molecule has 0 bridgehead atoms. The normalized spacial score (nSPS) is 23.4. The van der Waals surface area contributed by atoms with Gasteiger partial charge in [-0.1, -0.05) is 60.7 Å². The summed E-state index contributed by atoms with van der Waals surface area (Å²) in [5, 5.41) is 14.3. The fraction of sp³-hybridized carbons (Fsp3) is 0.250. The van der Waals surface area contributed by atoms with Crippen molar-refractivity contribution in [2.75, 3.05) is 0 Å². The van der Waals surface area contributed by atoms with Gasteiger partial charge in [-0.05, 0) is 17.2 Å². The molecule has 0 radical (unpaired) electrons. The van der Waals surface area contributed by atoms with Gasteiger partial charge >= 0.3 is 0 Å². The zero-order valence-electron chi connectivity index (χ0n) is 15.0. The van der Waals surface area contributed by atoms with Gasteiger partial charge in [-0.2, -0.15) is 0 Å². The highest BCUT2D eigenvalue weighted by atomic mass is 19.3. The van der Waals surface area contributed by atoms with Crippen LogP contribution < -0.4 is 11.1 Å². The molecule has 8 heteroatoms. The number of nitrogens with zero attached hydrogens (tertiary/aromatic N) is 2. The van der Waals surface area contributed by atoms with Crippen LogP contribution in [0.2, 0.25) is 0 Å². The molecule has 2 atom stereocenters. The third-order valence-electron chi connectivity index (χ3n) is 4.54. The van der Waals surface area contributed by atoms with Crippen LogP contribution >= 0.6 is 0 Å². The monoisotopic (exact) mass is 386 g/mol. The molecule has 3 N–H and O–H groups in total. The number of nitrogens with one attached hydrogen (secondary N) is 1. The summed E-state index contributed by atoms with van der Waals surface area (Å²) in [6, 6.07) is 16.4. The molecule has 2 unspecified atom stereocenters. The van der Waals surface area contributed by atoms with Crippen LogP contribution in [0, 0.1) is 10.1 Å². The van der Waals surface area contributed by atoms with E-state index in [9.17, 15) is 18.9 Å². The summed E-state index contributed by atoms with van der Waals surface area (Å²) in [6.45, 7) is 0.117. The van der Waals surface area contributed by atoms with Gasteiger partial charge in [0, 0.05) is 11.3 Å². The van der Waals surface area contributed by atoms with E-state index < -0.39 is 28.6 Å². The number of hydrogen-bond donors (Lipinski definition) is 2. The molecular weight excluding hydrogens is 366 g/mol. The lowest BCUT2D eigenvalue weighted by molar-refractivity contribution is -0.512. The van der Waals surface area contributed by atoms with E-state index in [4.69, 9.17) is 5.73 Å². The van der Waals surface area contributed by atoms with Crippen LogP contribution in [0.5, 0.6) is 0 Å². The first-order valence-corrected chi connectivity index (χ1v) is 8.71. The Hall–Kier alpha value is -3.13. The van der Waals surface area contributed by atoms with E-state index in [-0.39, 0.29) is 18.8 Å². The maximum Gasteiger partial charge on any atom is 0.290 e. The second kappa shape index (κ2) is 8.26. The third-order valence-corrected chi connectivity index (χ3v) is 4.54. The summed E-state index contributed by atoms with van der Waals surface area (Å²) in [7, 11) is 0. The molecule has 2 aromatic carbocycles. The second-order valence-electron chi connectivity index (χ2n) is 6.68. The van der Waals surface area contributed by atoms with Crippen LogP contribution in [0.3, 0.4) is 0 Å². The molecule has 0 aromatic heterocycles. The lowest BCUT2D eigenvalue weighted by Gasteiger charge is -2.35. The Morgan fingerprint density at radius 3 is 2.21 bits per heavy atom. The number of alkyl halides is 2. The molecule has 0 saturated carbocycles. The summed E-state index contributed by atoms with van der Waals surface area (Å²) in [6.07, 6.45) is -1.75. The first-order valence-electron chi connectivity index (χ1n) is 8.71. The summed E-state index contributed by atoms with van der Waals surface area (Å²) in [4.78, 5) is 15.5. The fourth-order valence-electron chi connectivity index (χ4n) is 3.27. The Morgan fingerprint density at radius 1 is 1.11 bits per heavy atom. The van der Waals surface area contributed by atoms with Gasteiger partial charge in [-0.3, -0.25) is 15.1 Å². The number of halogens is 2. The zero-order valence-corrected chi connectivity index (χ0v) is 15.0. The molecule has 6 nitrogen and oxygen atoms in total. The number of nitro groups is 1. The molecular formula is C20H20F2N4O2. The van der Waals surface area contributed by atoms with E-state index >= 15 is 0 Å². The number of amidine groups is 1. The molecule has 1 aliphatic rings. The molecule has 1 heterocycles. The van der Waals surface area contributed by atoms with Gasteiger partial charge in [0.05, 0.1) is 12.2 Å². The van der Waals surface area contributed by atoms with E-state index in [0.29, 0.717) is 5.56 Å². The topological polar surface area (TPSA) is 93.5 Å². The average molecular weight is 386 g/mol. The fourth-order valence-corrected chi connectivity index (χ4v) is 3.27. The van der Waals surface area contributed by atoms with Gasteiger partial charge < -0.3 is 11.1 Å². The van der Waals surface area contributed by atoms with Gasteiger partial charge in [0.15, 0.2) is 5.84 Å². The van der Waals surface area contributed by atoms with Crippen molar-refractivity contribution in [3.63, 3.8) is 0 Å². The quantitative estimate of drug-likeness (QED) is 0.590. The first kappa shape index (κ1) is 19.6. The molecule has 0 spiro atoms. The van der Waals surface area contributed by atoms with Crippen molar-refractivity contribution < 1.29 is 13.7 Å². The van der Waals surface area contributed by atoms with Gasteiger partial charge in [0.25, 0.3) is 12.5 Å². The molecule has 1 aliphatic heterocycles. The van der Waals surface area contributed by atoms with Crippen LogP contribution in [0.15, 0.2) is 77.4 Å². The number of allylic oxidation sites excluding steroid dienone is 1. The van der Waals surface area contributed by atoms with Crippen molar-refractivity contribution in [1.29, 1.82) is 0 Å². The number of nitrogens with two attached hydrogens (primary N) is 1. The number of aliphatic imine (C=N–C) groups is 1. The molecule has 0 saturated heterocycles. The van der Waals surface area contributed by atoms with Crippen molar-refractivity contribution in [2.45, 2.75) is 31.0 Å². The third kappa shape index (κ3) is 4.40. The van der Waals surface area contributed by atoms with Gasteiger partial charge in [-0.25, -0.2) is 8.78 Å². The SMILES string of the molecule is NC1(Cc2ccccc2)C=C(C(F)F)NC(=NCc2ccccc2)C1[N+](=O)[O-]. The van der Waals surface area contributed by atoms with Crippen LogP contribution in [0.4, 0.5) is 8.78 Å². The summed E-state index contributed by atoms with van der Waals surface area (Å²) >= 11 is 0. The van der Waals surface area contributed by atoms with Crippen molar-refractivity contribution in [1.82, 2.24) is 5.32 Å². The number of benzene rings is 2. The van der Waals surface area contributed by atoms with E-state index in [0.717, 1.165) is 11.6 Å². The zero-order chi connectivity index (χ0) is 20.1. The minimum absolute atomic E-state index is 0.0295. The van der Waals surface area contributed by atoms with E-state index in [1.54, 1.807) is 42.5 Å². The average Bonchev–Trinajstić information content (AvgIpc) is 2.66. The molecule has 28 heavy (non-hydrogen) atoms. The van der Waals surface area contributed by atoms with Crippen molar-refractivity contribution in [3.05, 3.63) is 93.7 Å². The van der Waals surface area contributed by atoms with Crippen LogP contribution in [-0.2, 0) is 13.0 Å². The van der Waals surface area contributed by atoms with Crippen LogP contribution in [0.25, 0.3) is 0 Å². The molecule has 146 valence electrons. The molecule has 0 fully saturated rings. The minimum atomic E-state index is -2.85. The second-order valence-corrected chi connectivity index (χ2v) is 6.68. The van der Waals surface area contributed by atoms with Crippen molar-refractivity contribution >= 4 is 5.84 Å². The number of hydrogen-bond acceptors (Lipinski definition) is 4. The van der Waals surface area contributed by atoms with Gasteiger partial charge in [0.2, 0.25) is 0 Å². The predicted molar refractivity (Wildman–Crippen MR) is 103 cm³/mol. The van der Waals surface area contributed by atoms with Gasteiger partial charge in [-0.15, -0.1) is 0 Å². The first-order chi connectivity index (χ1) is 13.4. The Morgan fingerprint density at radius 2 is 1.68 bits per heavy atom. The Labute approximate surface area is 160 Å². The molecule has 0 aliphatic carbocycles. The van der Waals surface area contributed by atoms with E-state index in [1.165, 1.54) is 0 Å². The maximum atomic E-state index is 13.5. The van der Waals surface area contributed by atoms with E-state index in [2.05, 4.69) is 10.3 Å². The predicted octanol–water partition coefficient (Wildman–Crippen LogP) is 2.92. The summed E-state index contributed by atoms with van der Waals surface area (Å²) in [5.41, 5.74) is 5.76. The smallest absolute Gasteiger partial charge is 0.290 e. The van der Waals surface area contributed by atoms with E-state index in [1.807, 2.05) is 18.2 Å². The van der Waals surface area contributed by atoms with Crippen molar-refractivity contribution in [3.8, 4) is 0 Å². The highest BCUT2D eigenvalue weighted by Crippen LogP contribution is 2.27. The lowest BCUT2D eigenvalue weighted by Crippen LogP contribution is -2.64. The molecule has 2 aromatic rings. The summed E-state index contributed by atoms with van der Waals surface area (Å²) < 4.78 is 26.9. The largest absolute Gasteiger partial charge is 0.337 e. The maximum absolute atomic E-state index is 13.5. The minimum Gasteiger partial charge on any atom is -0.337 e. The van der Waals surface area contributed by atoms with Gasteiger partial charge in [0.1, 0.15) is 5.54 Å². The Kier molecular flexibility index (Phi) is 5.79. The Balaban J connectivity index is 2.00.